The minimum Gasteiger partial charge on any atom is -0.342 e. The first kappa shape index (κ1) is 15.0. The van der Waals surface area contributed by atoms with Gasteiger partial charge in [-0.25, -0.2) is 0 Å². The standard InChI is InChI=1S/C25H17NS/c1-26-22-10-6-5-9-18(22)20-13-14-21-19-12-11-17(16-7-3-2-4-8-16)15-23(19)27-25(21)24(20)26/h2-15H,1H3. The van der Waals surface area contributed by atoms with Crippen LogP contribution in [-0.2, 0) is 7.05 Å². The number of benzene rings is 4. The lowest BCUT2D eigenvalue weighted by molar-refractivity contribution is 1.02. The van der Waals surface area contributed by atoms with Crippen LogP contribution in [0, 0.1) is 0 Å². The number of fused-ring (bicyclic) bond motifs is 7. The molecule has 0 saturated carbocycles. The Bertz CT molecular complexity index is 1470. The van der Waals surface area contributed by atoms with Gasteiger partial charge in [-0.15, -0.1) is 11.3 Å². The van der Waals surface area contributed by atoms with Crippen molar-refractivity contribution in [3.8, 4) is 11.1 Å². The number of hydrogen-bond acceptors (Lipinski definition) is 1. The van der Waals surface area contributed by atoms with Crippen LogP contribution in [0.25, 0.3) is 53.1 Å². The molecule has 0 aliphatic heterocycles. The zero-order valence-corrected chi connectivity index (χ0v) is 15.8. The minimum atomic E-state index is 1.27. The highest BCUT2D eigenvalue weighted by molar-refractivity contribution is 7.26. The molecule has 2 heteroatoms. The summed E-state index contributed by atoms with van der Waals surface area (Å²) in [6.45, 7) is 0. The average Bonchev–Trinajstić information content (AvgIpc) is 3.24. The van der Waals surface area contributed by atoms with Gasteiger partial charge in [0.05, 0.1) is 10.2 Å². The zero-order chi connectivity index (χ0) is 18.0. The van der Waals surface area contributed by atoms with E-state index >= 15 is 0 Å². The molecule has 128 valence electrons. The fourth-order valence-electron chi connectivity index (χ4n) is 4.30. The first-order valence-electron chi connectivity index (χ1n) is 9.19. The summed E-state index contributed by atoms with van der Waals surface area (Å²) in [6, 6.07) is 30.8. The zero-order valence-electron chi connectivity index (χ0n) is 14.9. The maximum absolute atomic E-state index is 2.35. The predicted octanol–water partition coefficient (Wildman–Crippen LogP) is 7.37. The summed E-state index contributed by atoms with van der Waals surface area (Å²) in [4.78, 5) is 0. The smallest absolute Gasteiger partial charge is 0.0670 e. The second-order valence-corrected chi connectivity index (χ2v) is 8.15. The quantitative estimate of drug-likeness (QED) is 0.287. The molecule has 0 fully saturated rings. The van der Waals surface area contributed by atoms with Gasteiger partial charge < -0.3 is 4.57 Å². The largest absolute Gasteiger partial charge is 0.342 e. The molecule has 0 amide bonds. The molecule has 2 aromatic heterocycles. The van der Waals surface area contributed by atoms with Crippen LogP contribution in [0.4, 0.5) is 0 Å². The van der Waals surface area contributed by atoms with E-state index in [1.54, 1.807) is 0 Å². The molecular weight excluding hydrogens is 346 g/mol. The Balaban J connectivity index is 1.72. The van der Waals surface area contributed by atoms with E-state index in [0.29, 0.717) is 0 Å². The van der Waals surface area contributed by atoms with E-state index in [9.17, 15) is 0 Å². The maximum Gasteiger partial charge on any atom is 0.0670 e. The third-order valence-corrected chi connectivity index (χ3v) is 6.79. The maximum atomic E-state index is 2.35. The van der Waals surface area contributed by atoms with Gasteiger partial charge in [0.25, 0.3) is 0 Å². The summed E-state index contributed by atoms with van der Waals surface area (Å²) in [5, 5.41) is 5.38. The van der Waals surface area contributed by atoms with Crippen LogP contribution in [0.15, 0.2) is 84.9 Å². The van der Waals surface area contributed by atoms with E-state index in [1.165, 1.54) is 53.1 Å². The second kappa shape index (κ2) is 5.45. The molecule has 0 unspecified atom stereocenters. The summed E-state index contributed by atoms with van der Waals surface area (Å²) in [7, 11) is 2.18. The Kier molecular flexibility index (Phi) is 3.03. The van der Waals surface area contributed by atoms with E-state index in [-0.39, 0.29) is 0 Å². The highest BCUT2D eigenvalue weighted by Crippen LogP contribution is 2.42. The molecule has 0 saturated heterocycles. The van der Waals surface area contributed by atoms with Crippen LogP contribution in [0.3, 0.4) is 0 Å². The number of thiophene rings is 1. The minimum absolute atomic E-state index is 1.27. The summed E-state index contributed by atoms with van der Waals surface area (Å²) in [5.74, 6) is 0. The molecule has 6 rings (SSSR count). The van der Waals surface area contributed by atoms with Crippen LogP contribution >= 0.6 is 11.3 Å². The Hall–Kier alpha value is -3.10. The molecule has 0 aliphatic carbocycles. The molecule has 1 nitrogen and oxygen atoms in total. The Morgan fingerprint density at radius 3 is 2.26 bits per heavy atom. The number of aromatic nitrogens is 1. The Morgan fingerprint density at radius 2 is 1.37 bits per heavy atom. The van der Waals surface area contributed by atoms with Gasteiger partial charge in [0.2, 0.25) is 0 Å². The van der Waals surface area contributed by atoms with Crippen molar-refractivity contribution in [1.29, 1.82) is 0 Å². The van der Waals surface area contributed by atoms with Crippen LogP contribution < -0.4 is 0 Å². The Morgan fingerprint density at radius 1 is 0.630 bits per heavy atom. The summed E-state index contributed by atoms with van der Waals surface area (Å²) >= 11 is 1.91. The van der Waals surface area contributed by atoms with Crippen molar-refractivity contribution in [1.82, 2.24) is 4.57 Å². The van der Waals surface area contributed by atoms with E-state index in [2.05, 4.69) is 96.5 Å². The third-order valence-electron chi connectivity index (χ3n) is 5.61. The van der Waals surface area contributed by atoms with Gasteiger partial charge in [0, 0.05) is 38.8 Å². The molecule has 4 aromatic carbocycles. The topological polar surface area (TPSA) is 4.93 Å². The summed E-state index contributed by atoms with van der Waals surface area (Å²) < 4.78 is 5.08. The van der Waals surface area contributed by atoms with Crippen molar-refractivity contribution < 1.29 is 0 Å². The van der Waals surface area contributed by atoms with Crippen molar-refractivity contribution in [2.24, 2.45) is 7.05 Å². The van der Waals surface area contributed by atoms with Gasteiger partial charge in [-0.2, -0.15) is 0 Å². The predicted molar refractivity (Wildman–Crippen MR) is 119 cm³/mol. The number of nitrogens with zero attached hydrogens (tertiary/aromatic N) is 1. The second-order valence-electron chi connectivity index (χ2n) is 7.09. The average molecular weight is 363 g/mol. The van der Waals surface area contributed by atoms with Gasteiger partial charge in [0.1, 0.15) is 0 Å². The lowest BCUT2D eigenvalue weighted by atomic mass is 10.0. The Labute approximate surface area is 161 Å². The van der Waals surface area contributed by atoms with Crippen molar-refractivity contribution in [2.75, 3.05) is 0 Å². The van der Waals surface area contributed by atoms with Crippen LogP contribution in [0.5, 0.6) is 0 Å². The highest BCUT2D eigenvalue weighted by Gasteiger charge is 2.14. The molecule has 0 bridgehead atoms. The van der Waals surface area contributed by atoms with Gasteiger partial charge in [-0.05, 0) is 23.3 Å². The van der Waals surface area contributed by atoms with Crippen LogP contribution in [0.2, 0.25) is 0 Å². The normalized spacial score (nSPS) is 11.9. The van der Waals surface area contributed by atoms with E-state index in [1.807, 2.05) is 11.3 Å². The lowest BCUT2D eigenvalue weighted by Crippen LogP contribution is -1.85. The third kappa shape index (κ3) is 2.05. The van der Waals surface area contributed by atoms with Crippen molar-refractivity contribution in [2.45, 2.75) is 0 Å². The number of hydrogen-bond donors (Lipinski definition) is 0. The highest BCUT2D eigenvalue weighted by atomic mass is 32.1. The summed E-state index contributed by atoms with van der Waals surface area (Å²) in [5.41, 5.74) is 5.19. The molecule has 27 heavy (non-hydrogen) atoms. The van der Waals surface area contributed by atoms with E-state index in [4.69, 9.17) is 0 Å². The monoisotopic (exact) mass is 363 g/mol. The lowest BCUT2D eigenvalue weighted by Gasteiger charge is -2.01. The fraction of sp³-hybridized carbons (Fsp3) is 0.0400. The van der Waals surface area contributed by atoms with Crippen molar-refractivity contribution in [3.63, 3.8) is 0 Å². The first-order chi connectivity index (χ1) is 13.3. The molecule has 0 radical (unpaired) electrons. The van der Waals surface area contributed by atoms with Gasteiger partial charge in [-0.1, -0.05) is 72.8 Å². The number of para-hydroxylation sites is 1. The van der Waals surface area contributed by atoms with Crippen molar-refractivity contribution >= 4 is 53.3 Å². The van der Waals surface area contributed by atoms with Gasteiger partial charge >= 0.3 is 0 Å². The summed E-state index contributed by atoms with van der Waals surface area (Å²) in [6.07, 6.45) is 0. The van der Waals surface area contributed by atoms with Crippen LogP contribution in [-0.4, -0.2) is 4.57 Å². The van der Waals surface area contributed by atoms with Crippen molar-refractivity contribution in [3.05, 3.63) is 84.9 Å². The molecule has 2 heterocycles. The molecule has 0 aliphatic rings. The fourth-order valence-corrected chi connectivity index (χ4v) is 5.63. The molecule has 6 aromatic rings. The van der Waals surface area contributed by atoms with Gasteiger partial charge in [0.15, 0.2) is 0 Å². The molecule has 0 atom stereocenters. The number of rotatable bonds is 1. The van der Waals surface area contributed by atoms with Crippen LogP contribution in [0.1, 0.15) is 0 Å². The molecular formula is C25H17NS. The van der Waals surface area contributed by atoms with E-state index < -0.39 is 0 Å². The SMILES string of the molecule is Cn1c2ccccc2c2ccc3c4ccc(-c5ccccc5)cc4sc3c21. The first-order valence-corrected chi connectivity index (χ1v) is 10.0. The number of aryl methyl sites for hydroxylation is 1. The molecule has 0 N–H and O–H groups in total. The molecule has 0 spiro atoms. The van der Waals surface area contributed by atoms with Gasteiger partial charge in [-0.3, -0.25) is 0 Å². The van der Waals surface area contributed by atoms with E-state index in [0.717, 1.165) is 0 Å².